The minimum atomic E-state index is -1.05. The van der Waals surface area contributed by atoms with Gasteiger partial charge in [0, 0.05) is 6.54 Å². The van der Waals surface area contributed by atoms with Gasteiger partial charge in [-0.05, 0) is 13.1 Å². The molecule has 6 N–H and O–H groups in total. The van der Waals surface area contributed by atoms with Gasteiger partial charge in [-0.15, -0.1) is 0 Å². The van der Waals surface area contributed by atoms with Crippen molar-refractivity contribution in [3.63, 3.8) is 0 Å². The van der Waals surface area contributed by atoms with E-state index in [4.69, 9.17) is 17.2 Å². The first-order chi connectivity index (χ1) is 4.49. The number of hydrogen-bond acceptors (Lipinski definition) is 4. The van der Waals surface area contributed by atoms with Gasteiger partial charge in [-0.3, -0.25) is 4.90 Å². The Morgan fingerprint density at radius 2 is 1.50 bits per heavy atom. The van der Waals surface area contributed by atoms with Gasteiger partial charge in [0.05, 0.1) is 0 Å². The largest absolute Gasteiger partial charge is 0.300 e. The predicted octanol–water partition coefficient (Wildman–Crippen LogP) is -1.14. The molecule has 62 valence electrons. The molecule has 0 amide bonds. The molecule has 0 atom stereocenters. The smallest absolute Gasteiger partial charge is 0.129 e. The standard InChI is InChI=1S/C6H18N4/c1-3-10(4-2)5-6(7,8)9/h3-5,7-9H2,1-2H3. The molecule has 0 spiro atoms. The van der Waals surface area contributed by atoms with Gasteiger partial charge in [-0.2, -0.15) is 0 Å². The quantitative estimate of drug-likeness (QED) is 0.438. The van der Waals surface area contributed by atoms with E-state index in [1.165, 1.54) is 0 Å². The minimum Gasteiger partial charge on any atom is -0.300 e. The second kappa shape index (κ2) is 3.88. The topological polar surface area (TPSA) is 81.3 Å². The number of likely N-dealkylation sites (N-methyl/N-ethyl adjacent to an activating group) is 1. The van der Waals surface area contributed by atoms with Gasteiger partial charge in [0.25, 0.3) is 0 Å². The summed E-state index contributed by atoms with van der Waals surface area (Å²) >= 11 is 0. The maximum atomic E-state index is 5.40. The van der Waals surface area contributed by atoms with E-state index in [1.54, 1.807) is 0 Å². The lowest BCUT2D eigenvalue weighted by atomic mass is 10.3. The summed E-state index contributed by atoms with van der Waals surface area (Å²) in [6, 6.07) is 0. The molecule has 0 aliphatic carbocycles. The third-order valence-electron chi connectivity index (χ3n) is 1.39. The summed E-state index contributed by atoms with van der Waals surface area (Å²) in [5.41, 5.74) is 16.2. The molecule has 4 heteroatoms. The molecule has 0 bridgehead atoms. The second-order valence-corrected chi connectivity index (χ2v) is 2.57. The van der Waals surface area contributed by atoms with Crippen molar-refractivity contribution < 1.29 is 0 Å². The first-order valence-electron chi connectivity index (χ1n) is 3.58. The first-order valence-corrected chi connectivity index (χ1v) is 3.58. The summed E-state index contributed by atoms with van der Waals surface area (Å²) < 4.78 is 0. The fraction of sp³-hybridized carbons (Fsp3) is 1.00. The summed E-state index contributed by atoms with van der Waals surface area (Å²) in [6.45, 7) is 6.51. The number of hydrogen-bond donors (Lipinski definition) is 3. The predicted molar refractivity (Wildman–Crippen MR) is 43.1 cm³/mol. The summed E-state index contributed by atoms with van der Waals surface area (Å²) in [4.78, 5) is 2.08. The molecular formula is C6H18N4. The molecule has 0 aromatic rings. The van der Waals surface area contributed by atoms with Gasteiger partial charge in [0.2, 0.25) is 0 Å². The van der Waals surface area contributed by atoms with E-state index in [1.807, 2.05) is 0 Å². The van der Waals surface area contributed by atoms with Gasteiger partial charge in [0.1, 0.15) is 5.79 Å². The van der Waals surface area contributed by atoms with Crippen molar-refractivity contribution in [3.8, 4) is 0 Å². The zero-order chi connectivity index (χ0) is 8.20. The Kier molecular flexibility index (Phi) is 3.81. The summed E-state index contributed by atoms with van der Waals surface area (Å²) in [6.07, 6.45) is 0. The lowest BCUT2D eigenvalue weighted by Crippen LogP contribution is -2.64. The molecule has 0 rings (SSSR count). The summed E-state index contributed by atoms with van der Waals surface area (Å²) in [5, 5.41) is 0. The van der Waals surface area contributed by atoms with Crippen LogP contribution < -0.4 is 17.2 Å². The molecule has 4 nitrogen and oxygen atoms in total. The highest BCUT2D eigenvalue weighted by Crippen LogP contribution is 1.89. The van der Waals surface area contributed by atoms with Crippen LogP contribution >= 0.6 is 0 Å². The zero-order valence-corrected chi connectivity index (χ0v) is 6.80. The van der Waals surface area contributed by atoms with Crippen molar-refractivity contribution in [2.75, 3.05) is 19.6 Å². The van der Waals surface area contributed by atoms with Crippen LogP contribution in [-0.4, -0.2) is 30.3 Å². The third kappa shape index (κ3) is 4.69. The second-order valence-electron chi connectivity index (χ2n) is 2.57. The molecule has 0 aliphatic rings. The van der Waals surface area contributed by atoms with Gasteiger partial charge in [0.15, 0.2) is 0 Å². The van der Waals surface area contributed by atoms with Crippen LogP contribution in [0.15, 0.2) is 0 Å². The van der Waals surface area contributed by atoms with E-state index in [2.05, 4.69) is 18.7 Å². The van der Waals surface area contributed by atoms with E-state index in [0.29, 0.717) is 6.54 Å². The molecule has 0 saturated carbocycles. The van der Waals surface area contributed by atoms with Crippen LogP contribution in [-0.2, 0) is 0 Å². The van der Waals surface area contributed by atoms with Crippen LogP contribution in [0.5, 0.6) is 0 Å². The van der Waals surface area contributed by atoms with Crippen LogP contribution in [0.3, 0.4) is 0 Å². The first kappa shape index (κ1) is 9.84. The van der Waals surface area contributed by atoms with Gasteiger partial charge in [-0.25, -0.2) is 0 Å². The molecule has 0 aliphatic heterocycles. The molecule has 0 saturated heterocycles. The fourth-order valence-corrected chi connectivity index (χ4v) is 0.835. The average molecular weight is 146 g/mol. The Balaban J connectivity index is 3.63. The fourth-order valence-electron chi connectivity index (χ4n) is 0.835. The molecule has 0 heterocycles. The Labute approximate surface area is 62.3 Å². The number of nitrogens with zero attached hydrogens (tertiary/aromatic N) is 1. The molecule has 0 fully saturated rings. The van der Waals surface area contributed by atoms with E-state index < -0.39 is 5.79 Å². The number of nitrogens with two attached hydrogens (primary N) is 3. The highest BCUT2D eigenvalue weighted by molar-refractivity contribution is 4.72. The average Bonchev–Trinajstić information content (AvgIpc) is 1.81. The van der Waals surface area contributed by atoms with E-state index in [0.717, 1.165) is 13.1 Å². The van der Waals surface area contributed by atoms with Crippen molar-refractivity contribution in [3.05, 3.63) is 0 Å². The number of rotatable bonds is 4. The molecule has 0 aromatic carbocycles. The lowest BCUT2D eigenvalue weighted by Gasteiger charge is -2.27. The molecule has 0 unspecified atom stereocenters. The normalized spacial score (nSPS) is 12.6. The highest BCUT2D eigenvalue weighted by Gasteiger charge is 2.14. The molecule has 0 radical (unpaired) electrons. The molecule has 10 heavy (non-hydrogen) atoms. The zero-order valence-electron chi connectivity index (χ0n) is 6.80. The summed E-state index contributed by atoms with van der Waals surface area (Å²) in [7, 11) is 0. The van der Waals surface area contributed by atoms with Crippen molar-refractivity contribution in [1.29, 1.82) is 0 Å². The van der Waals surface area contributed by atoms with Crippen molar-refractivity contribution in [2.24, 2.45) is 17.2 Å². The van der Waals surface area contributed by atoms with Gasteiger partial charge < -0.3 is 17.2 Å². The van der Waals surface area contributed by atoms with Crippen LogP contribution in [0, 0.1) is 0 Å². The van der Waals surface area contributed by atoms with Crippen LogP contribution in [0.1, 0.15) is 13.8 Å². The highest BCUT2D eigenvalue weighted by atomic mass is 15.2. The Morgan fingerprint density at radius 3 is 1.60 bits per heavy atom. The Morgan fingerprint density at radius 1 is 1.10 bits per heavy atom. The van der Waals surface area contributed by atoms with Crippen LogP contribution in [0.25, 0.3) is 0 Å². The van der Waals surface area contributed by atoms with Crippen molar-refractivity contribution in [2.45, 2.75) is 19.6 Å². The maximum Gasteiger partial charge on any atom is 0.129 e. The molecule has 0 aromatic heterocycles. The van der Waals surface area contributed by atoms with Crippen molar-refractivity contribution >= 4 is 0 Å². The molecular weight excluding hydrogens is 128 g/mol. The SMILES string of the molecule is CCN(CC)CC(N)(N)N. The van der Waals surface area contributed by atoms with E-state index in [-0.39, 0.29) is 0 Å². The van der Waals surface area contributed by atoms with Gasteiger partial charge >= 0.3 is 0 Å². The third-order valence-corrected chi connectivity index (χ3v) is 1.39. The minimum absolute atomic E-state index is 0.542. The van der Waals surface area contributed by atoms with E-state index in [9.17, 15) is 0 Å². The Bertz CT molecular complexity index is 82.2. The van der Waals surface area contributed by atoms with Gasteiger partial charge in [-0.1, -0.05) is 13.8 Å². The van der Waals surface area contributed by atoms with E-state index >= 15 is 0 Å². The Hall–Kier alpha value is -0.160. The van der Waals surface area contributed by atoms with Crippen LogP contribution in [0.2, 0.25) is 0 Å². The van der Waals surface area contributed by atoms with Crippen LogP contribution in [0.4, 0.5) is 0 Å². The summed E-state index contributed by atoms with van der Waals surface area (Å²) in [5.74, 6) is -1.05. The monoisotopic (exact) mass is 146 g/mol. The lowest BCUT2D eigenvalue weighted by molar-refractivity contribution is 0.232. The maximum absolute atomic E-state index is 5.40. The van der Waals surface area contributed by atoms with Crippen molar-refractivity contribution in [1.82, 2.24) is 4.90 Å².